The highest BCUT2D eigenvalue weighted by molar-refractivity contribution is 7.89. The highest BCUT2D eigenvalue weighted by atomic mass is 35.5. The van der Waals surface area contributed by atoms with Crippen LogP contribution in [0.25, 0.3) is 0 Å². The van der Waals surface area contributed by atoms with E-state index in [1.54, 1.807) is 23.1 Å². The van der Waals surface area contributed by atoms with Gasteiger partial charge in [-0.25, -0.2) is 17.2 Å². The van der Waals surface area contributed by atoms with Crippen molar-refractivity contribution in [3.63, 3.8) is 0 Å². The Morgan fingerprint density at radius 1 is 1.07 bits per heavy atom. The molecule has 0 saturated carbocycles. The molecule has 1 amide bonds. The lowest BCUT2D eigenvalue weighted by atomic mass is 9.96. The fourth-order valence-electron chi connectivity index (χ4n) is 4.04. The van der Waals surface area contributed by atoms with Crippen LogP contribution in [-0.4, -0.2) is 48.8 Å². The van der Waals surface area contributed by atoms with E-state index in [0.29, 0.717) is 18.4 Å². The Morgan fingerprint density at radius 3 is 2.43 bits per heavy atom. The first kappa shape index (κ1) is 21.2. The van der Waals surface area contributed by atoms with E-state index in [0.717, 1.165) is 12.1 Å². The van der Waals surface area contributed by atoms with Crippen LogP contribution in [0.4, 0.5) is 8.78 Å². The first-order valence-corrected chi connectivity index (χ1v) is 11.3. The maximum absolute atomic E-state index is 14.1. The minimum absolute atomic E-state index is 0.0801. The normalized spacial score (nSPS) is 19.6. The number of halogens is 3. The quantitative estimate of drug-likeness (QED) is 0.769. The van der Waals surface area contributed by atoms with E-state index in [2.05, 4.69) is 5.32 Å². The van der Waals surface area contributed by atoms with Gasteiger partial charge in [0, 0.05) is 18.7 Å². The fraction of sp³-hybridized carbons (Fsp3) is 0.350. The van der Waals surface area contributed by atoms with Gasteiger partial charge in [-0.3, -0.25) is 10.1 Å². The van der Waals surface area contributed by atoms with Crippen LogP contribution in [-0.2, 0) is 21.4 Å². The number of benzene rings is 2. The molecule has 160 valence electrons. The van der Waals surface area contributed by atoms with Crippen molar-refractivity contribution >= 4 is 27.5 Å². The maximum Gasteiger partial charge on any atom is 0.243 e. The summed E-state index contributed by atoms with van der Waals surface area (Å²) >= 11 is 5.74. The molecule has 1 spiro atoms. The second kappa shape index (κ2) is 7.88. The molecule has 0 radical (unpaired) electrons. The van der Waals surface area contributed by atoms with E-state index in [1.165, 1.54) is 16.4 Å². The van der Waals surface area contributed by atoms with Gasteiger partial charge < -0.3 is 4.90 Å². The minimum Gasteiger partial charge on any atom is -0.319 e. The molecular weight excluding hydrogens is 436 g/mol. The maximum atomic E-state index is 14.1. The summed E-state index contributed by atoms with van der Waals surface area (Å²) in [5.41, 5.74) is -0.323. The molecule has 10 heteroatoms. The van der Waals surface area contributed by atoms with Crippen molar-refractivity contribution in [3.8, 4) is 0 Å². The molecule has 0 aromatic heterocycles. The first-order chi connectivity index (χ1) is 14.2. The predicted molar refractivity (Wildman–Crippen MR) is 107 cm³/mol. The molecule has 0 unspecified atom stereocenters. The van der Waals surface area contributed by atoms with Crippen LogP contribution >= 0.6 is 11.6 Å². The van der Waals surface area contributed by atoms with E-state index >= 15 is 0 Å². The molecule has 0 bridgehead atoms. The average Bonchev–Trinajstić information content (AvgIpc) is 3.01. The number of nitrogens with one attached hydrogen (secondary N) is 1. The summed E-state index contributed by atoms with van der Waals surface area (Å²) < 4.78 is 54.7. The lowest BCUT2D eigenvalue weighted by Gasteiger charge is -2.44. The molecule has 6 nitrogen and oxygen atoms in total. The zero-order chi connectivity index (χ0) is 21.5. The highest BCUT2D eigenvalue weighted by Gasteiger charge is 2.48. The number of carbonyl (C=O) groups excluding carboxylic acids is 1. The van der Waals surface area contributed by atoms with Gasteiger partial charge in [-0.2, -0.15) is 4.31 Å². The monoisotopic (exact) mass is 455 g/mol. The second-order valence-corrected chi connectivity index (χ2v) is 9.78. The summed E-state index contributed by atoms with van der Waals surface area (Å²) in [5.74, 6) is -1.23. The van der Waals surface area contributed by atoms with Crippen LogP contribution in [0.15, 0.2) is 47.4 Å². The molecular formula is C20H20ClF2N3O3S. The van der Waals surface area contributed by atoms with E-state index in [1.807, 2.05) is 0 Å². The van der Waals surface area contributed by atoms with Crippen LogP contribution in [0, 0.1) is 11.6 Å². The van der Waals surface area contributed by atoms with Gasteiger partial charge in [-0.15, -0.1) is 0 Å². The topological polar surface area (TPSA) is 69.7 Å². The van der Waals surface area contributed by atoms with Gasteiger partial charge in [0.1, 0.15) is 11.6 Å². The van der Waals surface area contributed by atoms with Crippen LogP contribution in [0.1, 0.15) is 18.4 Å². The summed E-state index contributed by atoms with van der Waals surface area (Å²) in [6.45, 7) is 0.546. The number of piperidine rings is 1. The SMILES string of the molecule is O=C1CNC2(CCN(S(=O)(=O)c3ccc(F)c(Cl)c3)CC2)N1Cc1ccccc1F. The van der Waals surface area contributed by atoms with Gasteiger partial charge in [0.2, 0.25) is 15.9 Å². The van der Waals surface area contributed by atoms with Gasteiger partial charge in [0.05, 0.1) is 28.7 Å². The highest BCUT2D eigenvalue weighted by Crippen LogP contribution is 2.34. The lowest BCUT2D eigenvalue weighted by molar-refractivity contribution is -0.132. The van der Waals surface area contributed by atoms with Crippen LogP contribution in [0.2, 0.25) is 5.02 Å². The molecule has 30 heavy (non-hydrogen) atoms. The number of hydrogen-bond donors (Lipinski definition) is 1. The molecule has 2 aliphatic heterocycles. The number of rotatable bonds is 4. The molecule has 0 aliphatic carbocycles. The zero-order valence-corrected chi connectivity index (χ0v) is 17.5. The molecule has 2 heterocycles. The summed E-state index contributed by atoms with van der Waals surface area (Å²) in [6, 6.07) is 9.58. The lowest BCUT2D eigenvalue weighted by Crippen LogP contribution is -2.58. The summed E-state index contributed by atoms with van der Waals surface area (Å²) in [4.78, 5) is 14.0. The first-order valence-electron chi connectivity index (χ1n) is 9.47. The average molecular weight is 456 g/mol. The Balaban J connectivity index is 1.53. The third-order valence-corrected chi connectivity index (χ3v) is 7.94. The van der Waals surface area contributed by atoms with Crippen LogP contribution in [0.5, 0.6) is 0 Å². The van der Waals surface area contributed by atoms with Crippen LogP contribution in [0.3, 0.4) is 0 Å². The number of carbonyl (C=O) groups is 1. The molecule has 2 fully saturated rings. The van der Waals surface area contributed by atoms with Crippen molar-refractivity contribution in [2.45, 2.75) is 29.9 Å². The van der Waals surface area contributed by atoms with E-state index in [-0.39, 0.29) is 47.8 Å². The Labute approximate surface area is 178 Å². The molecule has 2 aromatic carbocycles. The third kappa shape index (κ3) is 3.71. The van der Waals surface area contributed by atoms with Crippen molar-refractivity contribution in [1.29, 1.82) is 0 Å². The Hall–Kier alpha value is -2.07. The zero-order valence-electron chi connectivity index (χ0n) is 15.9. The molecule has 2 aliphatic rings. The van der Waals surface area contributed by atoms with Crippen molar-refractivity contribution in [3.05, 3.63) is 64.7 Å². The molecule has 0 atom stereocenters. The van der Waals surface area contributed by atoms with Crippen molar-refractivity contribution in [2.24, 2.45) is 0 Å². The van der Waals surface area contributed by atoms with Gasteiger partial charge in [-0.05, 0) is 37.1 Å². The largest absolute Gasteiger partial charge is 0.319 e. The Kier molecular flexibility index (Phi) is 5.56. The molecule has 2 aromatic rings. The van der Waals surface area contributed by atoms with Crippen molar-refractivity contribution in [1.82, 2.24) is 14.5 Å². The third-order valence-electron chi connectivity index (χ3n) is 5.75. The Morgan fingerprint density at radius 2 is 1.77 bits per heavy atom. The summed E-state index contributed by atoms with van der Waals surface area (Å²) in [7, 11) is -3.85. The number of hydrogen-bond acceptors (Lipinski definition) is 4. The van der Waals surface area contributed by atoms with Crippen LogP contribution < -0.4 is 5.32 Å². The minimum atomic E-state index is -3.85. The van der Waals surface area contributed by atoms with E-state index < -0.39 is 21.5 Å². The van der Waals surface area contributed by atoms with Gasteiger partial charge in [0.15, 0.2) is 0 Å². The smallest absolute Gasteiger partial charge is 0.243 e. The molecule has 4 rings (SSSR count). The van der Waals surface area contributed by atoms with Gasteiger partial charge >= 0.3 is 0 Å². The molecule has 2 saturated heterocycles. The fourth-order valence-corrected chi connectivity index (χ4v) is 5.75. The summed E-state index contributed by atoms with van der Waals surface area (Å²) in [5, 5.41) is 2.94. The number of amides is 1. The number of sulfonamides is 1. The van der Waals surface area contributed by atoms with E-state index in [4.69, 9.17) is 11.6 Å². The predicted octanol–water partition coefficient (Wildman–Crippen LogP) is 2.73. The Bertz CT molecular complexity index is 1090. The standard InChI is InChI=1S/C20H20ClF2N3O3S/c21-16-11-15(5-6-18(16)23)30(28,29)25-9-7-20(8-10-25)24-12-19(27)26(20)13-14-3-1-2-4-17(14)22/h1-6,11,24H,7-10,12-13H2. The van der Waals surface area contributed by atoms with Crippen molar-refractivity contribution < 1.29 is 22.0 Å². The second-order valence-electron chi connectivity index (χ2n) is 7.44. The summed E-state index contributed by atoms with van der Waals surface area (Å²) in [6.07, 6.45) is 0.697. The molecule has 1 N–H and O–H groups in total. The van der Waals surface area contributed by atoms with Crippen molar-refractivity contribution in [2.75, 3.05) is 19.6 Å². The van der Waals surface area contributed by atoms with Gasteiger partial charge in [-0.1, -0.05) is 29.8 Å². The van der Waals surface area contributed by atoms with E-state index in [9.17, 15) is 22.0 Å². The number of nitrogens with zero attached hydrogens (tertiary/aromatic N) is 2. The van der Waals surface area contributed by atoms with Gasteiger partial charge in [0.25, 0.3) is 0 Å².